The van der Waals surface area contributed by atoms with Crippen molar-refractivity contribution in [3.05, 3.63) is 50.2 Å². The Morgan fingerprint density at radius 3 is 2.42 bits per heavy atom. The summed E-state index contributed by atoms with van der Waals surface area (Å²) in [7, 11) is 3.08. The predicted octanol–water partition coefficient (Wildman–Crippen LogP) is 1.45. The quantitative estimate of drug-likeness (QED) is 0.502. The summed E-state index contributed by atoms with van der Waals surface area (Å²) in [6, 6.07) is 6.10. The number of hydrogen-bond acceptors (Lipinski definition) is 7. The third-order valence-corrected chi connectivity index (χ3v) is 7.05. The molecular weight excluding hydrogens is 460 g/mol. The van der Waals surface area contributed by atoms with Crippen LogP contribution >= 0.6 is 0 Å². The highest BCUT2D eigenvalue weighted by molar-refractivity contribution is 5.74. The Hall–Kier alpha value is -3.11. The first-order valence-corrected chi connectivity index (χ1v) is 12.7. The summed E-state index contributed by atoms with van der Waals surface area (Å²) in [6.07, 6.45) is -0.888. The van der Waals surface area contributed by atoms with Gasteiger partial charge in [-0.05, 0) is 36.6 Å². The Morgan fingerprint density at radius 2 is 1.78 bits per heavy atom. The van der Waals surface area contributed by atoms with Crippen molar-refractivity contribution >= 4 is 17.1 Å². The van der Waals surface area contributed by atoms with Gasteiger partial charge in [0.1, 0.15) is 18.5 Å². The van der Waals surface area contributed by atoms with E-state index in [0.717, 1.165) is 54.2 Å². The number of aliphatic hydroxyl groups is 1. The first-order valence-electron chi connectivity index (χ1n) is 12.7. The van der Waals surface area contributed by atoms with E-state index in [1.165, 1.54) is 11.6 Å². The third-order valence-electron chi connectivity index (χ3n) is 7.05. The molecule has 3 aromatic rings. The lowest BCUT2D eigenvalue weighted by Gasteiger charge is -2.35. The monoisotopic (exact) mass is 498 g/mol. The van der Waals surface area contributed by atoms with E-state index in [9.17, 15) is 14.7 Å². The second-order valence-corrected chi connectivity index (χ2v) is 9.98. The van der Waals surface area contributed by atoms with Gasteiger partial charge in [-0.3, -0.25) is 13.9 Å². The van der Waals surface area contributed by atoms with E-state index in [1.807, 2.05) is 13.0 Å². The number of piperazine rings is 1. The van der Waals surface area contributed by atoms with Crippen molar-refractivity contribution in [2.45, 2.75) is 46.3 Å². The van der Waals surface area contributed by atoms with Gasteiger partial charge in [0, 0.05) is 40.3 Å². The fourth-order valence-electron chi connectivity index (χ4n) is 4.81. The molecule has 1 atom stereocenters. The van der Waals surface area contributed by atoms with Crippen LogP contribution in [0.4, 0.5) is 5.95 Å². The van der Waals surface area contributed by atoms with Gasteiger partial charge >= 0.3 is 5.69 Å². The zero-order valence-electron chi connectivity index (χ0n) is 22.2. The smallest absolute Gasteiger partial charge is 0.332 e. The standard InChI is InChI=1S/C26H38N6O4/c1-7-30-10-12-31(13-11-30)25-27-23-22(24(34)29(6)26(35)28(23)5)32(25)15-19(33)16-36-21-14-18(4)8-9-20(21)17(2)3/h8-9,14,17,19,33H,7,10-13,15-16H2,1-6H3. The molecule has 3 heterocycles. The minimum atomic E-state index is -0.888. The fraction of sp³-hybridized carbons (Fsp3) is 0.577. The molecule has 196 valence electrons. The Bertz CT molecular complexity index is 1350. The van der Waals surface area contributed by atoms with E-state index in [-0.39, 0.29) is 19.1 Å². The van der Waals surface area contributed by atoms with Crippen molar-refractivity contribution in [1.29, 1.82) is 0 Å². The molecule has 0 amide bonds. The second-order valence-electron chi connectivity index (χ2n) is 9.98. The van der Waals surface area contributed by atoms with E-state index in [1.54, 1.807) is 11.6 Å². The highest BCUT2D eigenvalue weighted by Crippen LogP contribution is 2.28. The summed E-state index contributed by atoms with van der Waals surface area (Å²) >= 11 is 0. The zero-order valence-corrected chi connectivity index (χ0v) is 22.2. The van der Waals surface area contributed by atoms with E-state index in [4.69, 9.17) is 9.72 Å². The maximum atomic E-state index is 13.2. The molecule has 1 aliphatic rings. The van der Waals surface area contributed by atoms with Gasteiger partial charge in [0.2, 0.25) is 5.95 Å². The number of rotatable bonds is 8. The summed E-state index contributed by atoms with van der Waals surface area (Å²) in [5.41, 5.74) is 1.95. The summed E-state index contributed by atoms with van der Waals surface area (Å²) in [5, 5.41) is 11.0. The molecule has 1 fully saturated rings. The van der Waals surface area contributed by atoms with Gasteiger partial charge in [-0.25, -0.2) is 4.79 Å². The van der Waals surface area contributed by atoms with Gasteiger partial charge in [-0.2, -0.15) is 4.98 Å². The Balaban J connectivity index is 1.67. The van der Waals surface area contributed by atoms with Crippen molar-refractivity contribution in [1.82, 2.24) is 23.6 Å². The number of aliphatic hydroxyl groups excluding tert-OH is 1. The van der Waals surface area contributed by atoms with Gasteiger partial charge < -0.3 is 24.2 Å². The molecule has 0 aliphatic carbocycles. The number of ether oxygens (including phenoxy) is 1. The van der Waals surface area contributed by atoms with E-state index in [2.05, 4.69) is 42.7 Å². The molecule has 0 spiro atoms. The molecule has 0 bridgehead atoms. The molecule has 4 rings (SSSR count). The molecule has 1 N–H and O–H groups in total. The molecule has 0 saturated carbocycles. The Kier molecular flexibility index (Phi) is 7.56. The van der Waals surface area contributed by atoms with Crippen molar-refractivity contribution in [2.24, 2.45) is 14.1 Å². The number of benzene rings is 1. The first kappa shape index (κ1) is 26.0. The number of fused-ring (bicyclic) bond motifs is 1. The minimum Gasteiger partial charge on any atom is -0.491 e. The SMILES string of the molecule is CCN1CCN(c2nc3c(c(=O)n(C)c(=O)n3C)n2CC(O)COc2cc(C)ccc2C(C)C)CC1. The summed E-state index contributed by atoms with van der Waals surface area (Å²) in [5.74, 6) is 1.64. The van der Waals surface area contributed by atoms with Crippen LogP contribution in [-0.2, 0) is 20.6 Å². The van der Waals surface area contributed by atoms with Gasteiger partial charge in [0.15, 0.2) is 11.2 Å². The average molecular weight is 499 g/mol. The van der Waals surface area contributed by atoms with Crippen molar-refractivity contribution in [3.63, 3.8) is 0 Å². The van der Waals surface area contributed by atoms with Crippen molar-refractivity contribution in [3.8, 4) is 5.75 Å². The lowest BCUT2D eigenvalue weighted by molar-refractivity contribution is 0.0928. The highest BCUT2D eigenvalue weighted by Gasteiger charge is 2.26. The first-order chi connectivity index (χ1) is 17.1. The Labute approximate surface area is 211 Å². The van der Waals surface area contributed by atoms with Crippen LogP contribution < -0.4 is 20.9 Å². The molecule has 1 saturated heterocycles. The molecule has 1 aliphatic heterocycles. The van der Waals surface area contributed by atoms with Crippen LogP contribution in [-0.4, -0.2) is 74.1 Å². The third kappa shape index (κ3) is 4.92. The highest BCUT2D eigenvalue weighted by atomic mass is 16.5. The lowest BCUT2D eigenvalue weighted by Crippen LogP contribution is -2.47. The Morgan fingerprint density at radius 1 is 1.08 bits per heavy atom. The van der Waals surface area contributed by atoms with Crippen LogP contribution in [0.1, 0.15) is 37.8 Å². The maximum Gasteiger partial charge on any atom is 0.332 e. The maximum absolute atomic E-state index is 13.2. The second kappa shape index (κ2) is 10.5. The number of aromatic nitrogens is 4. The molecule has 1 unspecified atom stereocenters. The van der Waals surface area contributed by atoms with Crippen molar-refractivity contribution in [2.75, 3.05) is 44.2 Å². The molecule has 10 heteroatoms. The fourth-order valence-corrected chi connectivity index (χ4v) is 4.81. The van der Waals surface area contributed by atoms with Gasteiger partial charge in [-0.15, -0.1) is 0 Å². The largest absolute Gasteiger partial charge is 0.491 e. The number of anilines is 1. The molecule has 36 heavy (non-hydrogen) atoms. The molecule has 2 aromatic heterocycles. The summed E-state index contributed by atoms with van der Waals surface area (Å²) in [6.45, 7) is 12.8. The van der Waals surface area contributed by atoms with E-state index in [0.29, 0.717) is 17.1 Å². The van der Waals surface area contributed by atoms with E-state index < -0.39 is 17.4 Å². The van der Waals surface area contributed by atoms with Gasteiger partial charge in [-0.1, -0.05) is 32.9 Å². The summed E-state index contributed by atoms with van der Waals surface area (Å²) in [4.78, 5) is 35.0. The normalized spacial score (nSPS) is 15.7. The zero-order chi connectivity index (χ0) is 26.1. The van der Waals surface area contributed by atoms with E-state index >= 15 is 0 Å². The van der Waals surface area contributed by atoms with Crippen LogP contribution in [0.15, 0.2) is 27.8 Å². The number of nitrogens with zero attached hydrogens (tertiary/aromatic N) is 6. The lowest BCUT2D eigenvalue weighted by atomic mass is 10.0. The number of aryl methyl sites for hydroxylation is 2. The molecule has 10 nitrogen and oxygen atoms in total. The summed E-state index contributed by atoms with van der Waals surface area (Å²) < 4.78 is 10.3. The minimum absolute atomic E-state index is 0.0674. The number of hydrogen-bond donors (Lipinski definition) is 1. The molecular formula is C26H38N6O4. The van der Waals surface area contributed by atoms with Crippen molar-refractivity contribution < 1.29 is 9.84 Å². The van der Waals surface area contributed by atoms with Gasteiger partial charge in [0.05, 0.1) is 6.54 Å². The topological polar surface area (TPSA) is 97.8 Å². The predicted molar refractivity (Wildman–Crippen MR) is 141 cm³/mol. The number of imidazole rings is 1. The van der Waals surface area contributed by atoms with Gasteiger partial charge in [0.25, 0.3) is 5.56 Å². The molecule has 1 aromatic carbocycles. The van der Waals surface area contributed by atoms with Crippen LogP contribution in [0.2, 0.25) is 0 Å². The van der Waals surface area contributed by atoms with Crippen LogP contribution in [0.5, 0.6) is 5.75 Å². The molecule has 0 radical (unpaired) electrons. The van der Waals surface area contributed by atoms with Crippen LogP contribution in [0, 0.1) is 6.92 Å². The number of likely N-dealkylation sites (N-methyl/N-ethyl adjacent to an activating group) is 1. The van der Waals surface area contributed by atoms with Crippen LogP contribution in [0.25, 0.3) is 11.2 Å². The van der Waals surface area contributed by atoms with Crippen LogP contribution in [0.3, 0.4) is 0 Å². The average Bonchev–Trinajstić information content (AvgIpc) is 3.24.